The maximum Gasteiger partial charge on any atom is 0.415 e. The number of fused-ring (bicyclic) bond motifs is 1. The lowest BCUT2D eigenvalue weighted by Crippen LogP contribution is -2.54. The van der Waals surface area contributed by atoms with E-state index in [4.69, 9.17) is 25.8 Å². The van der Waals surface area contributed by atoms with Crippen LogP contribution in [-0.4, -0.2) is 66.4 Å². The third kappa shape index (κ3) is 8.78. The third-order valence-electron chi connectivity index (χ3n) is 7.41. The number of halogens is 2. The number of ether oxygens (including phenoxy) is 3. The molecule has 1 fully saturated rings. The lowest BCUT2D eigenvalue weighted by molar-refractivity contribution is -0.152. The Labute approximate surface area is 268 Å². The molecule has 2 aliphatic rings. The van der Waals surface area contributed by atoms with E-state index in [0.717, 1.165) is 5.56 Å². The van der Waals surface area contributed by atoms with Crippen LogP contribution in [0.4, 0.5) is 20.6 Å². The molecule has 1 saturated heterocycles. The van der Waals surface area contributed by atoms with Gasteiger partial charge >= 0.3 is 12.1 Å². The Hall–Kier alpha value is -4.04. The number of nitrogens with zero attached hydrogens (tertiary/aromatic N) is 3. The number of likely N-dealkylation sites (tertiary alicyclic amines) is 1. The van der Waals surface area contributed by atoms with Gasteiger partial charge < -0.3 is 24.4 Å². The summed E-state index contributed by atoms with van der Waals surface area (Å²) in [6.45, 7) is 10.9. The number of nitrogens with one attached hydrogen (secondary N) is 1. The number of rotatable bonds is 6. The van der Waals surface area contributed by atoms with Gasteiger partial charge in [0.2, 0.25) is 0 Å². The first-order chi connectivity index (χ1) is 21.0. The van der Waals surface area contributed by atoms with Crippen molar-refractivity contribution in [1.82, 2.24) is 4.90 Å². The minimum Gasteiger partial charge on any atom is -0.476 e. The molecule has 45 heavy (non-hydrogen) atoms. The molecule has 1 atom stereocenters. The summed E-state index contributed by atoms with van der Waals surface area (Å²) in [6, 6.07) is 11.6. The predicted octanol–water partition coefficient (Wildman–Crippen LogP) is 6.11. The number of carbonyl (C=O) groups excluding carboxylic acids is 3. The lowest BCUT2D eigenvalue weighted by atomic mass is 9.75. The van der Waals surface area contributed by atoms with E-state index in [2.05, 4.69) is 11.4 Å². The summed E-state index contributed by atoms with van der Waals surface area (Å²) in [6.07, 6.45) is -0.417. The summed E-state index contributed by atoms with van der Waals surface area (Å²) in [4.78, 5) is 42.4. The highest BCUT2D eigenvalue weighted by Gasteiger charge is 2.42. The number of piperidine rings is 1. The summed E-state index contributed by atoms with van der Waals surface area (Å²) >= 11 is 6.54. The van der Waals surface area contributed by atoms with Gasteiger partial charge in [-0.15, -0.1) is 0 Å². The van der Waals surface area contributed by atoms with Crippen LogP contribution in [0.25, 0.3) is 0 Å². The molecule has 0 saturated carbocycles. The van der Waals surface area contributed by atoms with E-state index in [1.165, 1.54) is 23.1 Å². The number of benzene rings is 2. The number of amides is 2. The van der Waals surface area contributed by atoms with Gasteiger partial charge in [-0.05, 0) is 84.6 Å². The van der Waals surface area contributed by atoms with Crippen molar-refractivity contribution in [3.8, 4) is 11.8 Å². The first-order valence-electron chi connectivity index (χ1n) is 14.9. The van der Waals surface area contributed by atoms with Crippen LogP contribution < -0.4 is 15.0 Å². The van der Waals surface area contributed by atoms with Crippen molar-refractivity contribution < 1.29 is 33.0 Å². The van der Waals surface area contributed by atoms with Crippen LogP contribution in [0.1, 0.15) is 59.9 Å². The van der Waals surface area contributed by atoms with Crippen LogP contribution >= 0.6 is 11.6 Å². The molecular formula is C33H40ClFN4O6. The largest absolute Gasteiger partial charge is 0.476 e. The molecule has 1 unspecified atom stereocenters. The SMILES string of the molecule is CC(C)(C)OC(=O)CNc1cc2c(cc1Cl)N(C(=O)OC(C)(C)C)CC(C(=O)N1CCC(C#N)(Cc3ccc(F)cc3)CC1)O2. The van der Waals surface area contributed by atoms with Gasteiger partial charge in [0.1, 0.15) is 29.3 Å². The maximum atomic E-state index is 13.8. The van der Waals surface area contributed by atoms with Gasteiger partial charge in [0.05, 0.1) is 34.4 Å². The molecule has 2 aromatic carbocycles. The molecule has 0 spiro atoms. The number of esters is 1. The molecule has 1 N–H and O–H groups in total. The van der Waals surface area contributed by atoms with Crippen molar-refractivity contribution in [3.63, 3.8) is 0 Å². The molecule has 242 valence electrons. The maximum absolute atomic E-state index is 13.8. The van der Waals surface area contributed by atoms with Crippen LogP contribution in [0.15, 0.2) is 36.4 Å². The average molecular weight is 643 g/mol. The van der Waals surface area contributed by atoms with Gasteiger partial charge in [0, 0.05) is 19.2 Å². The highest BCUT2D eigenvalue weighted by Crippen LogP contribution is 2.42. The second-order valence-corrected chi connectivity index (χ2v) is 13.9. The third-order valence-corrected chi connectivity index (χ3v) is 7.73. The molecule has 0 bridgehead atoms. The highest BCUT2D eigenvalue weighted by atomic mass is 35.5. The second-order valence-electron chi connectivity index (χ2n) is 13.5. The summed E-state index contributed by atoms with van der Waals surface area (Å²) in [7, 11) is 0. The van der Waals surface area contributed by atoms with E-state index in [9.17, 15) is 24.0 Å². The van der Waals surface area contributed by atoms with Gasteiger partial charge in [-0.25, -0.2) is 9.18 Å². The monoisotopic (exact) mass is 642 g/mol. The van der Waals surface area contributed by atoms with E-state index < -0.39 is 34.8 Å². The molecule has 10 nitrogen and oxygen atoms in total. The van der Waals surface area contributed by atoms with Gasteiger partial charge in [-0.3, -0.25) is 14.5 Å². The Morgan fingerprint density at radius 3 is 2.27 bits per heavy atom. The summed E-state index contributed by atoms with van der Waals surface area (Å²) < 4.78 is 30.6. The molecule has 2 aliphatic heterocycles. The Morgan fingerprint density at radius 2 is 1.69 bits per heavy atom. The minimum absolute atomic E-state index is 0.114. The number of nitriles is 1. The summed E-state index contributed by atoms with van der Waals surface area (Å²) in [5.41, 5.74) is -0.619. The van der Waals surface area contributed by atoms with Crippen LogP contribution in [0.5, 0.6) is 5.75 Å². The van der Waals surface area contributed by atoms with Gasteiger partial charge in [-0.2, -0.15) is 5.26 Å². The average Bonchev–Trinajstić information content (AvgIpc) is 2.95. The standard InChI is InChI=1S/C33H40ClFN4O6/c1-31(2,3)44-28(40)18-37-24-16-26-25(15-23(24)34)39(30(42)45-32(4,5)6)19-27(43-26)29(41)38-13-11-33(20-36,12-14-38)17-21-7-9-22(35)10-8-21/h7-10,15-16,27,37H,11-14,17-19H2,1-6H3. The van der Waals surface area contributed by atoms with Crippen LogP contribution in [0, 0.1) is 22.6 Å². The zero-order chi connectivity index (χ0) is 33.2. The molecule has 2 amide bonds. The fraction of sp³-hybridized carbons (Fsp3) is 0.515. The number of hydrogen-bond acceptors (Lipinski definition) is 8. The lowest BCUT2D eigenvalue weighted by Gasteiger charge is -2.41. The highest BCUT2D eigenvalue weighted by molar-refractivity contribution is 6.33. The topological polar surface area (TPSA) is 121 Å². The Kier molecular flexibility index (Phi) is 9.88. The van der Waals surface area contributed by atoms with Crippen molar-refractivity contribution >= 4 is 40.9 Å². The summed E-state index contributed by atoms with van der Waals surface area (Å²) in [5, 5.41) is 13.2. The Bertz CT molecular complexity index is 1470. The molecule has 0 aromatic heterocycles. The van der Waals surface area contributed by atoms with E-state index in [1.54, 1.807) is 64.6 Å². The van der Waals surface area contributed by atoms with E-state index in [-0.39, 0.29) is 35.6 Å². The number of carbonyl (C=O) groups is 3. The number of hydrogen-bond donors (Lipinski definition) is 1. The van der Waals surface area contributed by atoms with Crippen LogP contribution in [-0.2, 0) is 25.5 Å². The van der Waals surface area contributed by atoms with Gasteiger partial charge in [0.25, 0.3) is 5.91 Å². The number of anilines is 2. The molecular weight excluding hydrogens is 603 g/mol. The first-order valence-corrected chi connectivity index (χ1v) is 15.3. The molecule has 2 heterocycles. The second kappa shape index (κ2) is 13.1. The van der Waals surface area contributed by atoms with Gasteiger partial charge in [0.15, 0.2) is 6.10 Å². The van der Waals surface area contributed by atoms with Gasteiger partial charge in [-0.1, -0.05) is 23.7 Å². The molecule has 0 radical (unpaired) electrons. The Morgan fingerprint density at radius 1 is 1.07 bits per heavy atom. The zero-order valence-electron chi connectivity index (χ0n) is 26.5. The summed E-state index contributed by atoms with van der Waals surface area (Å²) in [5.74, 6) is -0.950. The zero-order valence-corrected chi connectivity index (χ0v) is 27.3. The molecule has 0 aliphatic carbocycles. The smallest absolute Gasteiger partial charge is 0.415 e. The Balaban J connectivity index is 1.53. The van der Waals surface area contributed by atoms with Crippen molar-refractivity contribution in [3.05, 3.63) is 52.8 Å². The quantitative estimate of drug-likeness (QED) is 0.375. The van der Waals surface area contributed by atoms with E-state index >= 15 is 0 Å². The minimum atomic E-state index is -1.06. The fourth-order valence-corrected chi connectivity index (χ4v) is 5.51. The molecule has 4 rings (SSSR count). The van der Waals surface area contributed by atoms with Crippen molar-refractivity contribution in [1.29, 1.82) is 5.26 Å². The van der Waals surface area contributed by atoms with Crippen LogP contribution in [0.3, 0.4) is 0 Å². The fourth-order valence-electron chi connectivity index (χ4n) is 5.28. The van der Waals surface area contributed by atoms with Crippen molar-refractivity contribution in [2.75, 3.05) is 36.4 Å². The van der Waals surface area contributed by atoms with Crippen molar-refractivity contribution in [2.24, 2.45) is 5.41 Å². The van der Waals surface area contributed by atoms with E-state index in [0.29, 0.717) is 43.7 Å². The van der Waals surface area contributed by atoms with Crippen molar-refractivity contribution in [2.45, 2.75) is 78.1 Å². The molecule has 12 heteroatoms. The normalized spacial score (nSPS) is 17.8. The first kappa shape index (κ1) is 33.8. The molecule has 2 aromatic rings. The predicted molar refractivity (Wildman–Crippen MR) is 168 cm³/mol. The van der Waals surface area contributed by atoms with E-state index in [1.807, 2.05) is 0 Å². The van der Waals surface area contributed by atoms with Crippen LogP contribution in [0.2, 0.25) is 5.02 Å².